The van der Waals surface area contributed by atoms with Gasteiger partial charge >= 0.3 is 0 Å². The number of amides is 1. The van der Waals surface area contributed by atoms with Gasteiger partial charge in [0.15, 0.2) is 0 Å². The summed E-state index contributed by atoms with van der Waals surface area (Å²) in [5.41, 5.74) is 2.59. The number of aryl methyl sites for hydroxylation is 1. The molecule has 0 atom stereocenters. The van der Waals surface area contributed by atoms with E-state index in [4.69, 9.17) is 0 Å². The maximum atomic E-state index is 12.4. The molecular formula is C20H17N5O. The SMILES string of the molecule is Cn1ccc(-c2ccc3cc(C(=O)NCc4ncccn4)ccc3c2)n1. The highest BCUT2D eigenvalue weighted by Crippen LogP contribution is 2.24. The van der Waals surface area contributed by atoms with E-state index in [1.165, 1.54) is 0 Å². The van der Waals surface area contributed by atoms with Gasteiger partial charge in [-0.05, 0) is 41.1 Å². The topological polar surface area (TPSA) is 72.7 Å². The van der Waals surface area contributed by atoms with Gasteiger partial charge in [-0.1, -0.05) is 18.2 Å². The van der Waals surface area contributed by atoms with Crippen molar-refractivity contribution >= 4 is 16.7 Å². The first-order valence-corrected chi connectivity index (χ1v) is 8.27. The van der Waals surface area contributed by atoms with Gasteiger partial charge in [0, 0.05) is 36.8 Å². The lowest BCUT2D eigenvalue weighted by Gasteiger charge is -2.06. The monoisotopic (exact) mass is 343 g/mol. The molecule has 2 aromatic carbocycles. The van der Waals surface area contributed by atoms with Crippen molar-refractivity contribution in [2.24, 2.45) is 7.05 Å². The fourth-order valence-corrected chi connectivity index (χ4v) is 2.80. The minimum absolute atomic E-state index is 0.145. The van der Waals surface area contributed by atoms with Crippen molar-refractivity contribution in [2.75, 3.05) is 0 Å². The van der Waals surface area contributed by atoms with Crippen LogP contribution in [0.5, 0.6) is 0 Å². The number of nitrogens with one attached hydrogen (secondary N) is 1. The Bertz CT molecular complexity index is 1070. The van der Waals surface area contributed by atoms with Crippen molar-refractivity contribution in [3.05, 3.63) is 78.5 Å². The van der Waals surface area contributed by atoms with Gasteiger partial charge in [-0.3, -0.25) is 9.48 Å². The summed E-state index contributed by atoms with van der Waals surface area (Å²) < 4.78 is 1.78. The molecule has 0 spiro atoms. The molecule has 4 aromatic rings. The average Bonchev–Trinajstić information content (AvgIpc) is 3.12. The Morgan fingerprint density at radius 3 is 2.58 bits per heavy atom. The Kier molecular flexibility index (Phi) is 4.15. The molecule has 0 radical (unpaired) electrons. The van der Waals surface area contributed by atoms with Gasteiger partial charge in [0.2, 0.25) is 0 Å². The van der Waals surface area contributed by atoms with Crippen LogP contribution in [0, 0.1) is 0 Å². The van der Waals surface area contributed by atoms with Crippen molar-refractivity contribution < 1.29 is 4.79 Å². The molecule has 6 heteroatoms. The van der Waals surface area contributed by atoms with Crippen LogP contribution >= 0.6 is 0 Å². The van der Waals surface area contributed by atoms with Crippen LogP contribution in [-0.2, 0) is 13.6 Å². The largest absolute Gasteiger partial charge is 0.345 e. The molecule has 128 valence electrons. The molecule has 4 rings (SSSR count). The third-order valence-corrected chi connectivity index (χ3v) is 4.14. The van der Waals surface area contributed by atoms with Crippen LogP contribution in [0.1, 0.15) is 16.2 Å². The average molecular weight is 343 g/mol. The lowest BCUT2D eigenvalue weighted by atomic mass is 10.0. The molecule has 26 heavy (non-hydrogen) atoms. The van der Waals surface area contributed by atoms with Gasteiger partial charge in [-0.2, -0.15) is 5.10 Å². The van der Waals surface area contributed by atoms with E-state index in [9.17, 15) is 4.79 Å². The van der Waals surface area contributed by atoms with Gasteiger partial charge in [0.05, 0.1) is 12.2 Å². The van der Waals surface area contributed by atoms with Crippen molar-refractivity contribution in [3.63, 3.8) is 0 Å². The molecule has 0 aliphatic rings. The second-order valence-corrected chi connectivity index (χ2v) is 6.00. The Hall–Kier alpha value is -3.54. The predicted molar refractivity (Wildman–Crippen MR) is 99.4 cm³/mol. The van der Waals surface area contributed by atoms with E-state index >= 15 is 0 Å². The molecule has 6 nitrogen and oxygen atoms in total. The van der Waals surface area contributed by atoms with Gasteiger partial charge in [0.1, 0.15) is 5.82 Å². The van der Waals surface area contributed by atoms with E-state index in [-0.39, 0.29) is 5.91 Å². The zero-order chi connectivity index (χ0) is 17.9. The third-order valence-electron chi connectivity index (χ3n) is 4.14. The Balaban J connectivity index is 1.54. The highest BCUT2D eigenvalue weighted by Gasteiger charge is 2.08. The second-order valence-electron chi connectivity index (χ2n) is 6.00. The van der Waals surface area contributed by atoms with Crippen LogP contribution in [0.3, 0.4) is 0 Å². The highest BCUT2D eigenvalue weighted by atomic mass is 16.1. The van der Waals surface area contributed by atoms with Crippen LogP contribution in [0.15, 0.2) is 67.1 Å². The van der Waals surface area contributed by atoms with Crippen LogP contribution in [0.25, 0.3) is 22.0 Å². The Morgan fingerprint density at radius 2 is 1.81 bits per heavy atom. The van der Waals surface area contributed by atoms with Gasteiger partial charge < -0.3 is 5.32 Å². The summed E-state index contributed by atoms with van der Waals surface area (Å²) in [7, 11) is 1.90. The first kappa shape index (κ1) is 16.0. The van der Waals surface area contributed by atoms with Gasteiger partial charge in [0.25, 0.3) is 5.91 Å². The molecular weight excluding hydrogens is 326 g/mol. The molecule has 0 bridgehead atoms. The molecule has 0 saturated carbocycles. The number of rotatable bonds is 4. The molecule has 0 saturated heterocycles. The normalized spacial score (nSPS) is 10.8. The van der Waals surface area contributed by atoms with Gasteiger partial charge in [-0.15, -0.1) is 0 Å². The fourth-order valence-electron chi connectivity index (χ4n) is 2.80. The van der Waals surface area contributed by atoms with E-state index in [0.717, 1.165) is 22.0 Å². The van der Waals surface area contributed by atoms with Gasteiger partial charge in [-0.25, -0.2) is 9.97 Å². The smallest absolute Gasteiger partial charge is 0.251 e. The number of aromatic nitrogens is 4. The van der Waals surface area contributed by atoms with E-state index in [1.54, 1.807) is 23.1 Å². The van der Waals surface area contributed by atoms with Crippen molar-refractivity contribution in [3.8, 4) is 11.3 Å². The van der Waals surface area contributed by atoms with Crippen molar-refractivity contribution in [1.82, 2.24) is 25.1 Å². The summed E-state index contributed by atoms with van der Waals surface area (Å²) in [6.07, 6.45) is 5.23. The fraction of sp³-hybridized carbons (Fsp3) is 0.100. The number of benzene rings is 2. The van der Waals surface area contributed by atoms with Crippen LogP contribution in [-0.4, -0.2) is 25.7 Å². The zero-order valence-corrected chi connectivity index (χ0v) is 14.3. The summed E-state index contributed by atoms with van der Waals surface area (Å²) in [6.45, 7) is 0.302. The zero-order valence-electron chi connectivity index (χ0n) is 14.3. The van der Waals surface area contributed by atoms with Crippen LogP contribution in [0.4, 0.5) is 0 Å². The van der Waals surface area contributed by atoms with E-state index < -0.39 is 0 Å². The lowest BCUT2D eigenvalue weighted by molar-refractivity contribution is 0.0950. The highest BCUT2D eigenvalue weighted by molar-refractivity contribution is 5.99. The third kappa shape index (κ3) is 3.30. The summed E-state index contributed by atoms with van der Waals surface area (Å²) in [4.78, 5) is 20.6. The van der Waals surface area contributed by atoms with E-state index in [2.05, 4.69) is 26.4 Å². The summed E-state index contributed by atoms with van der Waals surface area (Å²) in [5, 5.41) is 9.34. The van der Waals surface area contributed by atoms with E-state index in [0.29, 0.717) is 17.9 Å². The number of hydrogen-bond donors (Lipinski definition) is 1. The van der Waals surface area contributed by atoms with Crippen molar-refractivity contribution in [2.45, 2.75) is 6.54 Å². The second kappa shape index (κ2) is 6.76. The molecule has 0 fully saturated rings. The predicted octanol–water partition coefficient (Wildman–Crippen LogP) is 2.96. The summed E-state index contributed by atoms with van der Waals surface area (Å²) in [6, 6.07) is 15.5. The number of carbonyl (C=O) groups is 1. The quantitative estimate of drug-likeness (QED) is 0.618. The lowest BCUT2D eigenvalue weighted by Crippen LogP contribution is -2.23. The molecule has 0 unspecified atom stereocenters. The molecule has 1 N–H and O–H groups in total. The summed E-state index contributed by atoms with van der Waals surface area (Å²) in [5.74, 6) is 0.440. The maximum Gasteiger partial charge on any atom is 0.251 e. The molecule has 0 aliphatic heterocycles. The number of hydrogen-bond acceptors (Lipinski definition) is 4. The molecule has 2 heterocycles. The number of nitrogens with zero attached hydrogens (tertiary/aromatic N) is 4. The van der Waals surface area contributed by atoms with Crippen LogP contribution < -0.4 is 5.32 Å². The first-order valence-electron chi connectivity index (χ1n) is 8.27. The molecule has 0 aliphatic carbocycles. The minimum atomic E-state index is -0.145. The van der Waals surface area contributed by atoms with E-state index in [1.807, 2.05) is 49.6 Å². The number of fused-ring (bicyclic) bond motifs is 1. The Morgan fingerprint density at radius 1 is 1.04 bits per heavy atom. The van der Waals surface area contributed by atoms with Crippen molar-refractivity contribution in [1.29, 1.82) is 0 Å². The first-order chi connectivity index (χ1) is 12.7. The molecule has 2 aromatic heterocycles. The molecule has 1 amide bonds. The van der Waals surface area contributed by atoms with Crippen LogP contribution in [0.2, 0.25) is 0 Å². The summed E-state index contributed by atoms with van der Waals surface area (Å²) >= 11 is 0. The maximum absolute atomic E-state index is 12.4. The Labute approximate surface area is 150 Å². The number of carbonyl (C=O) groups excluding carboxylic acids is 1. The minimum Gasteiger partial charge on any atom is -0.345 e. The standard InChI is InChI=1S/C20H17N5O/c1-25-10-7-18(24-25)16-5-3-15-12-17(6-4-14(15)11-16)20(26)23-13-19-21-8-2-9-22-19/h2-12H,13H2,1H3,(H,23,26).